The molecule has 0 spiro atoms. The number of hydrogen-bond donors (Lipinski definition) is 1. The van der Waals surface area contributed by atoms with Crippen LogP contribution in [0.1, 0.15) is 34.5 Å². The number of nitrogens with one attached hydrogen (secondary N) is 1. The van der Waals surface area contributed by atoms with Crippen LogP contribution in [0.4, 0.5) is 4.39 Å². The van der Waals surface area contributed by atoms with Crippen LogP contribution in [-0.2, 0) is 6.42 Å². The second-order valence-corrected chi connectivity index (χ2v) is 4.75. The lowest BCUT2D eigenvalue weighted by molar-refractivity contribution is 0.0677. The average molecular weight is 259 g/mol. The van der Waals surface area contributed by atoms with Crippen molar-refractivity contribution in [2.45, 2.75) is 19.4 Å². The Labute approximate surface area is 110 Å². The van der Waals surface area contributed by atoms with Crippen LogP contribution in [0.15, 0.2) is 30.6 Å². The van der Waals surface area contributed by atoms with Gasteiger partial charge in [-0.15, -0.1) is 0 Å². The van der Waals surface area contributed by atoms with E-state index in [4.69, 9.17) is 0 Å². The first-order valence-electron chi connectivity index (χ1n) is 6.25. The fourth-order valence-corrected chi connectivity index (χ4v) is 2.61. The van der Waals surface area contributed by atoms with Gasteiger partial charge in [0, 0.05) is 12.7 Å². The van der Waals surface area contributed by atoms with Crippen molar-refractivity contribution in [2.75, 3.05) is 6.54 Å². The minimum atomic E-state index is -0.222. The third-order valence-electron chi connectivity index (χ3n) is 3.65. The Morgan fingerprint density at radius 2 is 2.37 bits per heavy atom. The summed E-state index contributed by atoms with van der Waals surface area (Å²) in [5.41, 5.74) is 2.56. The van der Waals surface area contributed by atoms with Crippen LogP contribution in [-0.4, -0.2) is 27.5 Å². The Kier molecular flexibility index (Phi) is 2.81. The van der Waals surface area contributed by atoms with Crippen molar-refractivity contribution < 1.29 is 9.18 Å². The van der Waals surface area contributed by atoms with Crippen molar-refractivity contribution in [3.63, 3.8) is 0 Å². The number of hydrogen-bond acceptors (Lipinski definition) is 2. The zero-order valence-electron chi connectivity index (χ0n) is 10.6. The molecule has 2 aromatic rings. The molecule has 98 valence electrons. The van der Waals surface area contributed by atoms with Crippen LogP contribution in [0.25, 0.3) is 0 Å². The molecule has 1 amide bonds. The number of benzene rings is 1. The van der Waals surface area contributed by atoms with Gasteiger partial charge in [-0.05, 0) is 36.6 Å². The zero-order chi connectivity index (χ0) is 13.4. The molecule has 0 saturated carbocycles. The van der Waals surface area contributed by atoms with E-state index in [2.05, 4.69) is 10.2 Å². The molecule has 0 bridgehead atoms. The number of carbonyl (C=O) groups is 1. The van der Waals surface area contributed by atoms with E-state index in [0.29, 0.717) is 18.5 Å². The topological polar surface area (TPSA) is 49.0 Å². The summed E-state index contributed by atoms with van der Waals surface area (Å²) in [6, 6.07) is 4.73. The maximum absolute atomic E-state index is 13.2. The van der Waals surface area contributed by atoms with E-state index in [1.54, 1.807) is 23.2 Å². The van der Waals surface area contributed by atoms with Gasteiger partial charge in [-0.25, -0.2) is 4.39 Å². The van der Waals surface area contributed by atoms with Crippen LogP contribution in [0, 0.1) is 5.82 Å². The molecular weight excluding hydrogens is 245 g/mol. The maximum Gasteiger partial charge on any atom is 0.257 e. The molecule has 0 unspecified atom stereocenters. The fraction of sp³-hybridized carbons (Fsp3) is 0.286. The monoisotopic (exact) mass is 259 g/mol. The molecule has 0 fully saturated rings. The van der Waals surface area contributed by atoms with E-state index >= 15 is 0 Å². The van der Waals surface area contributed by atoms with Crippen molar-refractivity contribution in [3.05, 3.63) is 53.1 Å². The molecule has 5 heteroatoms. The summed E-state index contributed by atoms with van der Waals surface area (Å²) in [6.07, 6.45) is 3.80. The highest BCUT2D eigenvalue weighted by Gasteiger charge is 2.28. The molecule has 1 aliphatic heterocycles. The number of rotatable bonds is 1. The van der Waals surface area contributed by atoms with Gasteiger partial charge in [-0.3, -0.25) is 9.89 Å². The van der Waals surface area contributed by atoms with E-state index in [1.807, 2.05) is 6.92 Å². The predicted octanol–water partition coefficient (Wildman–Crippen LogP) is 2.31. The Morgan fingerprint density at radius 1 is 1.53 bits per heavy atom. The fourth-order valence-electron chi connectivity index (χ4n) is 2.61. The number of nitrogens with zero attached hydrogens (tertiary/aromatic N) is 2. The molecule has 2 heterocycles. The van der Waals surface area contributed by atoms with Crippen molar-refractivity contribution in [1.82, 2.24) is 15.1 Å². The quantitative estimate of drug-likeness (QED) is 0.854. The van der Waals surface area contributed by atoms with Gasteiger partial charge in [0.25, 0.3) is 5.91 Å². The lowest BCUT2D eigenvalue weighted by atomic mass is 9.93. The summed E-state index contributed by atoms with van der Waals surface area (Å²) in [4.78, 5) is 14.1. The summed E-state index contributed by atoms with van der Waals surface area (Å²) in [7, 11) is 0. The standard InChI is InChI=1S/C14H14FN3O/c1-9-13-3-2-12(15)6-10(13)4-5-18(9)14(19)11-7-16-17-8-11/h2-3,6-9H,4-5H2,1H3,(H,16,17)/t9-/m1/s1. The summed E-state index contributed by atoms with van der Waals surface area (Å²) in [5, 5.41) is 6.44. The highest BCUT2D eigenvalue weighted by atomic mass is 19.1. The SMILES string of the molecule is C[C@@H]1c2ccc(F)cc2CCN1C(=O)c1cn[nH]c1. The Bertz CT molecular complexity index is 609. The maximum atomic E-state index is 13.2. The molecule has 1 N–H and O–H groups in total. The molecule has 19 heavy (non-hydrogen) atoms. The molecule has 1 atom stereocenters. The molecule has 0 saturated heterocycles. The molecule has 1 aromatic heterocycles. The number of halogens is 1. The van der Waals surface area contributed by atoms with Gasteiger partial charge in [0.2, 0.25) is 0 Å². The van der Waals surface area contributed by atoms with Gasteiger partial charge in [0.05, 0.1) is 17.8 Å². The predicted molar refractivity (Wildman–Crippen MR) is 68.1 cm³/mol. The highest BCUT2D eigenvalue weighted by Crippen LogP contribution is 2.30. The van der Waals surface area contributed by atoms with Crippen LogP contribution in [0.3, 0.4) is 0 Å². The van der Waals surface area contributed by atoms with E-state index in [9.17, 15) is 9.18 Å². The largest absolute Gasteiger partial charge is 0.331 e. The second kappa shape index (κ2) is 4.50. The van der Waals surface area contributed by atoms with Crippen molar-refractivity contribution in [3.8, 4) is 0 Å². The number of aromatic amines is 1. The van der Waals surface area contributed by atoms with Gasteiger partial charge in [0.15, 0.2) is 0 Å². The second-order valence-electron chi connectivity index (χ2n) is 4.75. The molecular formula is C14H14FN3O. The van der Waals surface area contributed by atoms with Crippen LogP contribution in [0.5, 0.6) is 0 Å². The number of amides is 1. The van der Waals surface area contributed by atoms with E-state index in [1.165, 1.54) is 12.3 Å². The molecule has 1 aromatic carbocycles. The van der Waals surface area contributed by atoms with Crippen LogP contribution >= 0.6 is 0 Å². The molecule has 0 aliphatic carbocycles. The Morgan fingerprint density at radius 3 is 3.11 bits per heavy atom. The van der Waals surface area contributed by atoms with Crippen LogP contribution < -0.4 is 0 Å². The van der Waals surface area contributed by atoms with E-state index in [-0.39, 0.29) is 17.8 Å². The third-order valence-corrected chi connectivity index (χ3v) is 3.65. The number of H-pyrrole nitrogens is 1. The van der Waals surface area contributed by atoms with E-state index < -0.39 is 0 Å². The van der Waals surface area contributed by atoms with E-state index in [0.717, 1.165) is 11.1 Å². The zero-order valence-corrected chi connectivity index (χ0v) is 10.6. The molecule has 4 nitrogen and oxygen atoms in total. The first-order chi connectivity index (χ1) is 9.16. The lowest BCUT2D eigenvalue weighted by Gasteiger charge is -2.35. The highest BCUT2D eigenvalue weighted by molar-refractivity contribution is 5.94. The summed E-state index contributed by atoms with van der Waals surface area (Å²) >= 11 is 0. The molecule has 1 aliphatic rings. The summed E-state index contributed by atoms with van der Waals surface area (Å²) in [5.74, 6) is -0.267. The number of fused-ring (bicyclic) bond motifs is 1. The average Bonchev–Trinajstić information content (AvgIpc) is 2.92. The van der Waals surface area contributed by atoms with Crippen molar-refractivity contribution >= 4 is 5.91 Å². The Balaban J connectivity index is 1.91. The minimum absolute atomic E-state index is 0.0452. The Hall–Kier alpha value is -2.17. The van der Waals surface area contributed by atoms with Gasteiger partial charge in [-0.1, -0.05) is 6.07 Å². The first-order valence-corrected chi connectivity index (χ1v) is 6.25. The molecule has 3 rings (SSSR count). The minimum Gasteiger partial charge on any atom is -0.331 e. The third kappa shape index (κ3) is 2.01. The van der Waals surface area contributed by atoms with Gasteiger partial charge >= 0.3 is 0 Å². The van der Waals surface area contributed by atoms with Crippen molar-refractivity contribution in [2.24, 2.45) is 0 Å². The normalized spacial score (nSPS) is 18.2. The van der Waals surface area contributed by atoms with Crippen molar-refractivity contribution in [1.29, 1.82) is 0 Å². The number of aromatic nitrogens is 2. The summed E-state index contributed by atoms with van der Waals surface area (Å²) in [6.45, 7) is 2.56. The number of carbonyl (C=O) groups excluding carboxylic acids is 1. The molecule has 0 radical (unpaired) electrons. The lowest BCUT2D eigenvalue weighted by Crippen LogP contribution is -2.38. The summed E-state index contributed by atoms with van der Waals surface area (Å²) < 4.78 is 13.2. The van der Waals surface area contributed by atoms with Gasteiger partial charge < -0.3 is 4.90 Å². The van der Waals surface area contributed by atoms with Gasteiger partial charge in [0.1, 0.15) is 5.82 Å². The first kappa shape index (κ1) is 11.9. The van der Waals surface area contributed by atoms with Gasteiger partial charge in [-0.2, -0.15) is 5.10 Å². The van der Waals surface area contributed by atoms with Crippen LogP contribution in [0.2, 0.25) is 0 Å². The smallest absolute Gasteiger partial charge is 0.257 e.